The molecule has 0 saturated carbocycles. The lowest BCUT2D eigenvalue weighted by molar-refractivity contribution is -0.0374. The largest absolute Gasteiger partial charge is 0.497 e. The van der Waals surface area contributed by atoms with Crippen LogP contribution < -0.4 is 4.74 Å². The van der Waals surface area contributed by atoms with Crippen molar-refractivity contribution in [3.8, 4) is 17.1 Å². The first-order valence-corrected chi connectivity index (χ1v) is 10.00. The second-order valence-electron chi connectivity index (χ2n) is 7.45. The summed E-state index contributed by atoms with van der Waals surface area (Å²) in [6, 6.07) is 15.0. The van der Waals surface area contributed by atoms with Crippen molar-refractivity contribution in [3.63, 3.8) is 0 Å². The Morgan fingerprint density at radius 2 is 2.10 bits per heavy atom. The second-order valence-corrected chi connectivity index (χ2v) is 7.45. The number of hydrogen-bond donors (Lipinski definition) is 0. The summed E-state index contributed by atoms with van der Waals surface area (Å²) in [4.78, 5) is 19.2. The monoisotopic (exact) mass is 419 g/mol. The van der Waals surface area contributed by atoms with Crippen LogP contribution in [0.25, 0.3) is 22.4 Å². The molecule has 0 radical (unpaired) electrons. The van der Waals surface area contributed by atoms with E-state index in [0.717, 1.165) is 16.5 Å². The number of amides is 1. The van der Waals surface area contributed by atoms with Gasteiger partial charge in [-0.15, -0.1) is 0 Å². The van der Waals surface area contributed by atoms with Gasteiger partial charge >= 0.3 is 0 Å². The average Bonchev–Trinajstić information content (AvgIpc) is 3.46. The first-order chi connectivity index (χ1) is 15.1. The Morgan fingerprint density at radius 3 is 2.97 bits per heavy atom. The van der Waals surface area contributed by atoms with E-state index in [1.807, 2.05) is 49.4 Å². The summed E-state index contributed by atoms with van der Waals surface area (Å²) in [5, 5.41) is 4.97. The van der Waals surface area contributed by atoms with Crippen molar-refractivity contribution in [2.24, 2.45) is 0 Å². The lowest BCUT2D eigenvalue weighted by Crippen LogP contribution is -2.42. The topological polar surface area (TPSA) is 90.8 Å². The highest BCUT2D eigenvalue weighted by molar-refractivity contribution is 5.96. The number of aromatic nitrogens is 2. The van der Waals surface area contributed by atoms with Gasteiger partial charge in [-0.1, -0.05) is 28.9 Å². The van der Waals surface area contributed by atoms with Gasteiger partial charge in [0.15, 0.2) is 11.9 Å². The van der Waals surface area contributed by atoms with Crippen LogP contribution in [0.1, 0.15) is 28.1 Å². The number of carbonyl (C=O) groups excluding carboxylic acids is 1. The van der Waals surface area contributed by atoms with Crippen molar-refractivity contribution >= 4 is 16.9 Å². The Bertz CT molecular complexity index is 1240. The summed E-state index contributed by atoms with van der Waals surface area (Å²) in [7, 11) is 1.60. The van der Waals surface area contributed by atoms with Crippen molar-refractivity contribution in [2.45, 2.75) is 13.0 Å². The molecule has 1 aliphatic rings. The molecule has 158 valence electrons. The van der Waals surface area contributed by atoms with Crippen LogP contribution in [0.4, 0.5) is 0 Å². The molecule has 1 fully saturated rings. The molecule has 0 bridgehead atoms. The molecule has 5 rings (SSSR count). The maximum Gasteiger partial charge on any atom is 0.289 e. The number of carbonyl (C=O) groups is 1. The van der Waals surface area contributed by atoms with Crippen LogP contribution >= 0.6 is 0 Å². The molecule has 1 atom stereocenters. The van der Waals surface area contributed by atoms with Gasteiger partial charge in [0.05, 0.1) is 20.3 Å². The van der Waals surface area contributed by atoms with Gasteiger partial charge in [-0.05, 0) is 37.3 Å². The molecule has 1 saturated heterocycles. The van der Waals surface area contributed by atoms with Crippen molar-refractivity contribution in [2.75, 3.05) is 26.8 Å². The van der Waals surface area contributed by atoms with Gasteiger partial charge in [-0.2, -0.15) is 4.98 Å². The van der Waals surface area contributed by atoms with Gasteiger partial charge in [0, 0.05) is 17.5 Å². The van der Waals surface area contributed by atoms with Crippen LogP contribution in [-0.4, -0.2) is 47.8 Å². The average molecular weight is 419 g/mol. The predicted octanol–water partition coefficient (Wildman–Crippen LogP) is 4.01. The van der Waals surface area contributed by atoms with Gasteiger partial charge < -0.3 is 23.3 Å². The van der Waals surface area contributed by atoms with E-state index in [1.54, 1.807) is 18.1 Å². The SMILES string of the molecule is COc1cccc(-c2noc(C3CN(C(=O)c4cc5cc(C)ccc5o4)CCO3)n2)c1. The smallest absolute Gasteiger partial charge is 0.289 e. The first-order valence-electron chi connectivity index (χ1n) is 10.00. The fourth-order valence-electron chi connectivity index (χ4n) is 3.65. The minimum atomic E-state index is -0.504. The van der Waals surface area contributed by atoms with E-state index in [1.165, 1.54) is 0 Å². The molecule has 31 heavy (non-hydrogen) atoms. The van der Waals surface area contributed by atoms with Crippen LogP contribution in [0.2, 0.25) is 0 Å². The Morgan fingerprint density at radius 1 is 1.19 bits per heavy atom. The highest BCUT2D eigenvalue weighted by Gasteiger charge is 2.31. The third-order valence-corrected chi connectivity index (χ3v) is 5.28. The van der Waals surface area contributed by atoms with Crippen LogP contribution in [0.5, 0.6) is 5.75 Å². The quantitative estimate of drug-likeness (QED) is 0.493. The molecule has 4 aromatic rings. The lowest BCUT2D eigenvalue weighted by Gasteiger charge is -2.30. The van der Waals surface area contributed by atoms with Crippen LogP contribution in [0.3, 0.4) is 0 Å². The zero-order valence-electron chi connectivity index (χ0n) is 17.2. The van der Waals surface area contributed by atoms with Crippen molar-refractivity contribution in [3.05, 3.63) is 65.7 Å². The Labute approximate surface area is 178 Å². The van der Waals surface area contributed by atoms with Crippen molar-refractivity contribution in [1.82, 2.24) is 15.0 Å². The first kappa shape index (κ1) is 19.3. The van der Waals surface area contributed by atoms with E-state index in [9.17, 15) is 4.79 Å². The molecule has 1 unspecified atom stereocenters. The number of hydrogen-bond acceptors (Lipinski definition) is 7. The van der Waals surface area contributed by atoms with E-state index in [0.29, 0.717) is 48.5 Å². The number of morpholine rings is 1. The zero-order chi connectivity index (χ0) is 21.4. The fourth-order valence-corrected chi connectivity index (χ4v) is 3.65. The number of benzene rings is 2. The molecule has 2 aromatic carbocycles. The van der Waals surface area contributed by atoms with Gasteiger partial charge in [0.1, 0.15) is 11.3 Å². The Hall–Kier alpha value is -3.65. The van der Waals surface area contributed by atoms with E-state index >= 15 is 0 Å². The molecular formula is C23H21N3O5. The summed E-state index contributed by atoms with van der Waals surface area (Å²) in [6.45, 7) is 3.13. The summed E-state index contributed by atoms with van der Waals surface area (Å²) >= 11 is 0. The molecule has 2 aromatic heterocycles. The predicted molar refractivity (Wildman–Crippen MR) is 112 cm³/mol. The maximum absolute atomic E-state index is 13.0. The van der Waals surface area contributed by atoms with Crippen LogP contribution in [0.15, 0.2) is 57.5 Å². The zero-order valence-corrected chi connectivity index (χ0v) is 17.2. The van der Waals surface area contributed by atoms with Gasteiger partial charge in [0.25, 0.3) is 11.8 Å². The van der Waals surface area contributed by atoms with Crippen molar-refractivity contribution < 1.29 is 23.2 Å². The molecule has 0 N–H and O–H groups in total. The minimum Gasteiger partial charge on any atom is -0.497 e. The van der Waals surface area contributed by atoms with Gasteiger partial charge in [-0.3, -0.25) is 4.79 Å². The summed E-state index contributed by atoms with van der Waals surface area (Å²) in [6.07, 6.45) is -0.504. The van der Waals surface area contributed by atoms with E-state index in [2.05, 4.69) is 10.1 Å². The van der Waals surface area contributed by atoms with Crippen LogP contribution in [-0.2, 0) is 4.74 Å². The minimum absolute atomic E-state index is 0.185. The highest BCUT2D eigenvalue weighted by Crippen LogP contribution is 2.27. The molecule has 1 amide bonds. The standard InChI is InChI=1S/C23H21N3O5/c1-14-6-7-18-16(10-14)12-19(30-18)23(27)26-8-9-29-20(13-26)22-24-21(25-31-22)15-4-3-5-17(11-15)28-2/h3-7,10-12,20H,8-9,13H2,1-2H3. The number of fused-ring (bicyclic) bond motifs is 1. The summed E-state index contributed by atoms with van der Waals surface area (Å²) < 4.78 is 22.3. The second kappa shape index (κ2) is 7.88. The Balaban J connectivity index is 1.34. The number of aryl methyl sites for hydroxylation is 1. The maximum atomic E-state index is 13.0. The number of furan rings is 1. The summed E-state index contributed by atoms with van der Waals surface area (Å²) in [5.74, 6) is 1.60. The molecule has 3 heterocycles. The number of ether oxygens (including phenoxy) is 2. The van der Waals surface area contributed by atoms with Crippen molar-refractivity contribution in [1.29, 1.82) is 0 Å². The van der Waals surface area contributed by atoms with E-state index in [4.69, 9.17) is 18.4 Å². The fraction of sp³-hybridized carbons (Fsp3) is 0.261. The number of methoxy groups -OCH3 is 1. The normalized spacial score (nSPS) is 16.6. The third-order valence-electron chi connectivity index (χ3n) is 5.28. The highest BCUT2D eigenvalue weighted by atomic mass is 16.5. The summed E-state index contributed by atoms with van der Waals surface area (Å²) in [5.41, 5.74) is 2.58. The van der Waals surface area contributed by atoms with E-state index < -0.39 is 6.10 Å². The molecular weight excluding hydrogens is 398 g/mol. The number of rotatable bonds is 4. The van der Waals surface area contributed by atoms with Crippen LogP contribution in [0, 0.1) is 6.92 Å². The Kier molecular flexibility index (Phi) is 4.91. The molecule has 8 heteroatoms. The van der Waals surface area contributed by atoms with E-state index in [-0.39, 0.29) is 5.91 Å². The van der Waals surface area contributed by atoms with Gasteiger partial charge in [0.2, 0.25) is 5.82 Å². The molecule has 1 aliphatic heterocycles. The number of nitrogens with zero attached hydrogens (tertiary/aromatic N) is 3. The lowest BCUT2D eigenvalue weighted by atomic mass is 10.2. The molecule has 8 nitrogen and oxygen atoms in total. The van der Waals surface area contributed by atoms with Gasteiger partial charge in [-0.25, -0.2) is 0 Å². The third kappa shape index (κ3) is 3.77. The molecule has 0 aliphatic carbocycles. The molecule has 0 spiro atoms.